The van der Waals surface area contributed by atoms with E-state index in [1.165, 1.54) is 18.3 Å². The maximum Gasteiger partial charge on any atom is 0.296 e. The zero-order chi connectivity index (χ0) is 20.4. The molecule has 0 aliphatic heterocycles. The zero-order valence-corrected chi connectivity index (χ0v) is 16.6. The normalized spacial score (nSPS) is 15.6. The highest BCUT2D eigenvalue weighted by atomic mass is 16.6. The quantitative estimate of drug-likeness (QED) is 0.368. The van der Waals surface area contributed by atoms with E-state index in [-0.39, 0.29) is 28.0 Å². The maximum absolute atomic E-state index is 12.9. The number of carbonyl (C=O) groups excluding carboxylic acids is 1. The van der Waals surface area contributed by atoms with Gasteiger partial charge in [0.1, 0.15) is 0 Å². The van der Waals surface area contributed by atoms with Gasteiger partial charge in [-0.1, -0.05) is 53.7 Å². The molecule has 0 radical (unpaired) electrons. The number of para-hydroxylation sites is 1. The number of benzene rings is 1. The second kappa shape index (κ2) is 7.39. The first-order valence-electron chi connectivity index (χ1n) is 8.75. The topological polar surface area (TPSA) is 84.9 Å². The Labute approximate surface area is 159 Å². The third kappa shape index (κ3) is 4.84. The number of nitro benzene ring substituents is 1. The Hall–Kier alpha value is -2.89. The van der Waals surface area contributed by atoms with Crippen molar-refractivity contribution in [2.75, 3.05) is 0 Å². The summed E-state index contributed by atoms with van der Waals surface area (Å²) in [5.41, 5.74) is 1.63. The van der Waals surface area contributed by atoms with Crippen molar-refractivity contribution in [3.05, 3.63) is 69.5 Å². The number of rotatable bonds is 3. The van der Waals surface area contributed by atoms with E-state index in [2.05, 4.69) is 10.2 Å². The molecule has 0 spiro atoms. The first-order chi connectivity index (χ1) is 12.4. The summed E-state index contributed by atoms with van der Waals surface area (Å²) in [6.07, 6.45) is 5.16. The van der Waals surface area contributed by atoms with Crippen molar-refractivity contribution in [3.63, 3.8) is 0 Å². The van der Waals surface area contributed by atoms with Crippen LogP contribution in [0.4, 0.5) is 11.4 Å². The number of ketones is 1. The first-order valence-corrected chi connectivity index (χ1v) is 8.75. The molecule has 27 heavy (non-hydrogen) atoms. The highest BCUT2D eigenvalue weighted by Crippen LogP contribution is 2.39. The van der Waals surface area contributed by atoms with Crippen LogP contribution in [0.3, 0.4) is 0 Å². The Balaban J connectivity index is 2.46. The van der Waals surface area contributed by atoms with Crippen LogP contribution in [0.5, 0.6) is 0 Å². The van der Waals surface area contributed by atoms with Gasteiger partial charge in [0, 0.05) is 17.2 Å². The minimum Gasteiger partial charge on any atom is -0.289 e. The van der Waals surface area contributed by atoms with Crippen LogP contribution in [-0.4, -0.2) is 10.7 Å². The first kappa shape index (κ1) is 20.4. The molecule has 0 bridgehead atoms. The van der Waals surface area contributed by atoms with Crippen molar-refractivity contribution < 1.29 is 9.72 Å². The largest absolute Gasteiger partial charge is 0.296 e. The number of azo groups is 1. The molecule has 1 aromatic carbocycles. The van der Waals surface area contributed by atoms with Crippen LogP contribution in [0.1, 0.15) is 41.5 Å². The third-order valence-corrected chi connectivity index (χ3v) is 4.18. The van der Waals surface area contributed by atoms with Crippen LogP contribution in [0.25, 0.3) is 0 Å². The van der Waals surface area contributed by atoms with Crippen molar-refractivity contribution in [2.45, 2.75) is 41.5 Å². The van der Waals surface area contributed by atoms with Crippen LogP contribution in [-0.2, 0) is 4.79 Å². The van der Waals surface area contributed by atoms with Crippen LogP contribution < -0.4 is 0 Å². The van der Waals surface area contributed by atoms with Gasteiger partial charge in [-0.3, -0.25) is 14.9 Å². The molecule has 6 nitrogen and oxygen atoms in total. The number of nitro groups is 1. The van der Waals surface area contributed by atoms with Gasteiger partial charge in [0.15, 0.2) is 11.5 Å². The van der Waals surface area contributed by atoms with E-state index in [9.17, 15) is 14.9 Å². The van der Waals surface area contributed by atoms with E-state index in [4.69, 9.17) is 0 Å². The molecular weight excluding hydrogens is 342 g/mol. The number of carbonyl (C=O) groups is 1. The molecule has 6 heteroatoms. The second-order valence-corrected chi connectivity index (χ2v) is 8.54. The van der Waals surface area contributed by atoms with Gasteiger partial charge in [0.2, 0.25) is 0 Å². The summed E-state index contributed by atoms with van der Waals surface area (Å²) >= 11 is 0. The van der Waals surface area contributed by atoms with E-state index in [0.717, 1.165) is 5.57 Å². The lowest BCUT2D eigenvalue weighted by molar-refractivity contribution is -0.384. The summed E-state index contributed by atoms with van der Waals surface area (Å²) in [7, 11) is 0. The molecule has 142 valence electrons. The molecule has 0 amide bonds. The molecule has 0 saturated carbocycles. The smallest absolute Gasteiger partial charge is 0.289 e. The van der Waals surface area contributed by atoms with Gasteiger partial charge in [0.25, 0.3) is 5.69 Å². The molecule has 0 heterocycles. The number of allylic oxidation sites excluding steroid dienone is 5. The molecule has 0 atom stereocenters. The molecule has 0 aromatic heterocycles. The van der Waals surface area contributed by atoms with Crippen LogP contribution in [0.2, 0.25) is 0 Å². The number of nitrogens with zero attached hydrogens (tertiary/aromatic N) is 3. The minimum atomic E-state index is -0.490. The Kier molecular flexibility index (Phi) is 5.59. The highest BCUT2D eigenvalue weighted by molar-refractivity contribution is 6.11. The van der Waals surface area contributed by atoms with Crippen LogP contribution in [0.15, 0.2) is 69.6 Å². The predicted octanol–water partition coefficient (Wildman–Crippen LogP) is 6.09. The lowest BCUT2D eigenvalue weighted by Gasteiger charge is -2.31. The molecule has 1 aromatic rings. The van der Waals surface area contributed by atoms with E-state index in [0.29, 0.717) is 11.1 Å². The second-order valence-electron chi connectivity index (χ2n) is 8.54. The fraction of sp³-hybridized carbons (Fsp3) is 0.381. The molecule has 1 aliphatic rings. The number of hydrogen-bond acceptors (Lipinski definition) is 5. The fourth-order valence-corrected chi connectivity index (χ4v) is 2.70. The van der Waals surface area contributed by atoms with Gasteiger partial charge in [-0.2, -0.15) is 5.11 Å². The van der Waals surface area contributed by atoms with Crippen LogP contribution >= 0.6 is 0 Å². The predicted molar refractivity (Wildman–Crippen MR) is 106 cm³/mol. The minimum absolute atomic E-state index is 0.0442. The molecule has 0 N–H and O–H groups in total. The Morgan fingerprint density at radius 1 is 0.963 bits per heavy atom. The van der Waals surface area contributed by atoms with Gasteiger partial charge in [-0.05, 0) is 34.6 Å². The Morgan fingerprint density at radius 2 is 1.48 bits per heavy atom. The van der Waals surface area contributed by atoms with Crippen molar-refractivity contribution in [2.24, 2.45) is 21.1 Å². The van der Waals surface area contributed by atoms with Gasteiger partial charge < -0.3 is 0 Å². The maximum atomic E-state index is 12.9. The molecule has 0 unspecified atom stereocenters. The molecular formula is C21H25N3O3. The Bertz CT molecular complexity index is 856. The highest BCUT2D eigenvalue weighted by Gasteiger charge is 2.33. The average Bonchev–Trinajstić information content (AvgIpc) is 2.54. The van der Waals surface area contributed by atoms with Gasteiger partial charge in [-0.15, -0.1) is 5.11 Å². The SMILES string of the molecule is CC(C)(C)C1=CC(=CN=Nc2ccccc2[N+](=O)[O-])C=C(C(C)(C)C)C1=O. The molecule has 0 saturated heterocycles. The summed E-state index contributed by atoms with van der Waals surface area (Å²) in [5, 5.41) is 19.1. The molecule has 1 aliphatic carbocycles. The third-order valence-electron chi connectivity index (χ3n) is 4.18. The zero-order valence-electron chi connectivity index (χ0n) is 16.6. The molecule has 0 fully saturated rings. The summed E-state index contributed by atoms with van der Waals surface area (Å²) in [5.74, 6) is 0.0442. The number of hydrogen-bond donors (Lipinski definition) is 0. The van der Waals surface area contributed by atoms with E-state index in [1.54, 1.807) is 12.1 Å². The van der Waals surface area contributed by atoms with Crippen molar-refractivity contribution in [1.29, 1.82) is 0 Å². The standard InChI is InChI=1S/C21H25N3O3/c1-20(2,3)15-11-14(12-16(19(15)25)21(4,5)6)13-22-23-17-9-7-8-10-18(17)24(26)27/h7-13H,1-6H3. The Morgan fingerprint density at radius 3 is 1.96 bits per heavy atom. The van der Waals surface area contributed by atoms with Crippen molar-refractivity contribution in [3.8, 4) is 0 Å². The monoisotopic (exact) mass is 367 g/mol. The average molecular weight is 367 g/mol. The lowest BCUT2D eigenvalue weighted by atomic mass is 9.72. The van der Waals surface area contributed by atoms with Crippen molar-refractivity contribution >= 4 is 17.2 Å². The summed E-state index contributed by atoms with van der Waals surface area (Å²) in [6.45, 7) is 12.0. The fourth-order valence-electron chi connectivity index (χ4n) is 2.70. The van der Waals surface area contributed by atoms with Gasteiger partial charge >= 0.3 is 0 Å². The molecule has 2 rings (SSSR count). The van der Waals surface area contributed by atoms with Crippen LogP contribution in [0, 0.1) is 20.9 Å². The lowest BCUT2D eigenvalue weighted by Crippen LogP contribution is -2.27. The van der Waals surface area contributed by atoms with Gasteiger partial charge in [-0.25, -0.2) is 0 Å². The van der Waals surface area contributed by atoms with E-state index in [1.807, 2.05) is 53.7 Å². The van der Waals surface area contributed by atoms with E-state index < -0.39 is 4.92 Å². The van der Waals surface area contributed by atoms with E-state index >= 15 is 0 Å². The van der Waals surface area contributed by atoms with Gasteiger partial charge in [0.05, 0.1) is 11.1 Å². The summed E-state index contributed by atoms with van der Waals surface area (Å²) in [4.78, 5) is 23.5. The number of Topliss-reactive ketones (excluding diaryl/α,β-unsaturated/α-hetero) is 1. The summed E-state index contributed by atoms with van der Waals surface area (Å²) < 4.78 is 0. The van der Waals surface area contributed by atoms with Crippen molar-refractivity contribution in [1.82, 2.24) is 0 Å². The summed E-state index contributed by atoms with van der Waals surface area (Å²) in [6, 6.07) is 6.18.